The predicted octanol–water partition coefficient (Wildman–Crippen LogP) is 1.10. The van der Waals surface area contributed by atoms with Crippen LogP contribution in [-0.2, 0) is 4.74 Å². The van der Waals surface area contributed by atoms with Gasteiger partial charge in [-0.15, -0.1) is 0 Å². The summed E-state index contributed by atoms with van der Waals surface area (Å²) < 4.78 is 5.31. The third-order valence-corrected chi connectivity index (χ3v) is 3.68. The zero-order valence-electron chi connectivity index (χ0n) is 11.5. The lowest BCUT2D eigenvalue weighted by Crippen LogP contribution is -2.52. The molecule has 1 saturated heterocycles. The van der Waals surface area contributed by atoms with E-state index in [9.17, 15) is 9.90 Å². The first-order valence-corrected chi connectivity index (χ1v) is 6.67. The highest BCUT2D eigenvalue weighted by molar-refractivity contribution is 5.68. The van der Waals surface area contributed by atoms with Crippen molar-refractivity contribution in [2.45, 2.75) is 57.3 Å². The van der Waals surface area contributed by atoms with Crippen molar-refractivity contribution in [1.82, 2.24) is 4.90 Å². The molecule has 1 saturated carbocycles. The van der Waals surface area contributed by atoms with Crippen molar-refractivity contribution in [3.63, 3.8) is 0 Å². The Balaban J connectivity index is 1.93. The number of hydrogen-bond acceptors (Lipinski definition) is 4. The summed E-state index contributed by atoms with van der Waals surface area (Å²) in [7, 11) is 0. The molecule has 104 valence electrons. The van der Waals surface area contributed by atoms with Crippen LogP contribution in [0.15, 0.2) is 0 Å². The summed E-state index contributed by atoms with van der Waals surface area (Å²) in [5.41, 5.74) is 4.64. The smallest absolute Gasteiger partial charge is 0.410 e. The number of rotatable bonds is 2. The van der Waals surface area contributed by atoms with Gasteiger partial charge in [0.1, 0.15) is 5.60 Å². The maximum Gasteiger partial charge on any atom is 0.410 e. The first-order chi connectivity index (χ1) is 8.21. The number of ether oxygens (including phenoxy) is 1. The van der Waals surface area contributed by atoms with E-state index in [2.05, 4.69) is 0 Å². The summed E-state index contributed by atoms with van der Waals surface area (Å²) in [6.45, 7) is 6.32. The van der Waals surface area contributed by atoms with Crippen molar-refractivity contribution in [2.75, 3.05) is 13.1 Å². The van der Waals surface area contributed by atoms with Gasteiger partial charge in [0.25, 0.3) is 0 Å². The van der Waals surface area contributed by atoms with Crippen LogP contribution in [0.1, 0.15) is 40.0 Å². The summed E-state index contributed by atoms with van der Waals surface area (Å²) in [5, 5.41) is 10.5. The topological polar surface area (TPSA) is 75.8 Å². The van der Waals surface area contributed by atoms with E-state index < -0.39 is 11.2 Å². The monoisotopic (exact) mass is 256 g/mol. The maximum absolute atomic E-state index is 11.9. The van der Waals surface area contributed by atoms with Crippen LogP contribution < -0.4 is 5.73 Å². The molecule has 1 amide bonds. The second-order valence-corrected chi connectivity index (χ2v) is 6.62. The molecule has 1 aliphatic carbocycles. The van der Waals surface area contributed by atoms with Crippen LogP contribution in [-0.4, -0.2) is 46.4 Å². The van der Waals surface area contributed by atoms with Gasteiger partial charge in [0.15, 0.2) is 0 Å². The third-order valence-electron chi connectivity index (χ3n) is 3.68. The number of likely N-dealkylation sites (tertiary alicyclic amines) is 1. The quantitative estimate of drug-likeness (QED) is 0.775. The summed E-state index contributed by atoms with van der Waals surface area (Å²) in [6.07, 6.45) is 2.37. The molecule has 2 unspecified atom stereocenters. The molecule has 2 aliphatic rings. The lowest BCUT2D eigenvalue weighted by Gasteiger charge is -2.30. The Morgan fingerprint density at radius 1 is 1.50 bits per heavy atom. The molecule has 0 spiro atoms. The van der Waals surface area contributed by atoms with E-state index in [1.807, 2.05) is 20.8 Å². The number of β-amino-alcohol motifs (C(OH)–C–C–N with tert-alkyl or cyclic N) is 1. The predicted molar refractivity (Wildman–Crippen MR) is 68.1 cm³/mol. The minimum Gasteiger partial charge on any atom is -0.444 e. The Morgan fingerprint density at radius 3 is 2.61 bits per heavy atom. The Bertz CT molecular complexity index is 336. The van der Waals surface area contributed by atoms with Crippen molar-refractivity contribution >= 4 is 6.09 Å². The largest absolute Gasteiger partial charge is 0.444 e. The van der Waals surface area contributed by atoms with E-state index in [1.165, 1.54) is 0 Å². The normalized spacial score (nSPS) is 30.4. The number of carbonyl (C=O) groups excluding carboxylic acids is 1. The number of aliphatic hydroxyl groups is 1. The first-order valence-electron chi connectivity index (χ1n) is 6.67. The van der Waals surface area contributed by atoms with Crippen molar-refractivity contribution in [3.05, 3.63) is 0 Å². The number of carbonyl (C=O) groups is 1. The molecule has 5 nitrogen and oxygen atoms in total. The second-order valence-electron chi connectivity index (χ2n) is 6.62. The molecule has 3 N–H and O–H groups in total. The van der Waals surface area contributed by atoms with Crippen molar-refractivity contribution < 1.29 is 14.6 Å². The van der Waals surface area contributed by atoms with Gasteiger partial charge in [-0.25, -0.2) is 4.79 Å². The first kappa shape index (κ1) is 13.6. The van der Waals surface area contributed by atoms with E-state index in [0.29, 0.717) is 25.4 Å². The highest BCUT2D eigenvalue weighted by Crippen LogP contribution is 2.39. The molecule has 2 atom stereocenters. The molecular formula is C13H24N2O3. The molecule has 5 heteroatoms. The van der Waals surface area contributed by atoms with Gasteiger partial charge in [-0.3, -0.25) is 0 Å². The van der Waals surface area contributed by atoms with Crippen LogP contribution in [0.3, 0.4) is 0 Å². The van der Waals surface area contributed by atoms with Crippen LogP contribution in [0.5, 0.6) is 0 Å². The van der Waals surface area contributed by atoms with Gasteiger partial charge in [0, 0.05) is 12.6 Å². The fourth-order valence-corrected chi connectivity index (χ4v) is 2.47. The van der Waals surface area contributed by atoms with Crippen LogP contribution in [0, 0.1) is 5.92 Å². The fraction of sp³-hybridized carbons (Fsp3) is 0.923. The van der Waals surface area contributed by atoms with Crippen molar-refractivity contribution in [1.29, 1.82) is 0 Å². The van der Waals surface area contributed by atoms with Gasteiger partial charge < -0.3 is 20.5 Å². The number of amides is 1. The Morgan fingerprint density at radius 2 is 2.11 bits per heavy atom. The van der Waals surface area contributed by atoms with Gasteiger partial charge >= 0.3 is 6.09 Å². The highest BCUT2D eigenvalue weighted by atomic mass is 16.6. The van der Waals surface area contributed by atoms with E-state index in [1.54, 1.807) is 4.90 Å². The SMILES string of the molecule is CC(C)(C)OC(=O)N1CCC(O)(C(N)C2CC2)C1. The number of nitrogens with zero attached hydrogens (tertiary/aromatic N) is 1. The maximum atomic E-state index is 11.9. The van der Waals surface area contributed by atoms with Crippen LogP contribution >= 0.6 is 0 Å². The molecule has 0 radical (unpaired) electrons. The van der Waals surface area contributed by atoms with Gasteiger partial charge in [-0.1, -0.05) is 0 Å². The zero-order chi connectivity index (χ0) is 13.6. The summed E-state index contributed by atoms with van der Waals surface area (Å²) in [4.78, 5) is 13.5. The Labute approximate surface area is 108 Å². The molecule has 2 fully saturated rings. The van der Waals surface area contributed by atoms with Gasteiger partial charge in [-0.05, 0) is 46.0 Å². The lowest BCUT2D eigenvalue weighted by atomic mass is 9.90. The average molecular weight is 256 g/mol. The standard InChI is InChI=1S/C13H24N2O3/c1-12(2,3)18-11(16)15-7-6-13(17,8-15)10(14)9-4-5-9/h9-10,17H,4-8,14H2,1-3H3. The molecule has 0 bridgehead atoms. The fourth-order valence-electron chi connectivity index (χ4n) is 2.47. The van der Waals surface area contributed by atoms with Crippen molar-refractivity contribution in [3.8, 4) is 0 Å². The lowest BCUT2D eigenvalue weighted by molar-refractivity contribution is 0.00188. The molecule has 1 heterocycles. The van der Waals surface area contributed by atoms with E-state index in [0.717, 1.165) is 12.8 Å². The van der Waals surface area contributed by atoms with Crippen LogP contribution in [0.4, 0.5) is 4.79 Å². The minimum absolute atomic E-state index is 0.218. The van der Waals surface area contributed by atoms with Gasteiger partial charge in [0.2, 0.25) is 0 Å². The minimum atomic E-state index is -0.932. The highest BCUT2D eigenvalue weighted by Gasteiger charge is 2.48. The average Bonchev–Trinajstić information content (AvgIpc) is 2.98. The summed E-state index contributed by atoms with van der Waals surface area (Å²) >= 11 is 0. The molecular weight excluding hydrogens is 232 g/mol. The van der Waals surface area contributed by atoms with Crippen molar-refractivity contribution in [2.24, 2.45) is 11.7 Å². The van der Waals surface area contributed by atoms with E-state index in [-0.39, 0.29) is 12.1 Å². The third kappa shape index (κ3) is 2.95. The Hall–Kier alpha value is -0.810. The van der Waals surface area contributed by atoms with E-state index in [4.69, 9.17) is 10.5 Å². The molecule has 0 aromatic heterocycles. The molecule has 1 aliphatic heterocycles. The van der Waals surface area contributed by atoms with Gasteiger partial charge in [0.05, 0.1) is 12.1 Å². The second kappa shape index (κ2) is 4.38. The summed E-state index contributed by atoms with van der Waals surface area (Å²) in [6, 6.07) is -0.218. The van der Waals surface area contributed by atoms with E-state index >= 15 is 0 Å². The van der Waals surface area contributed by atoms with Gasteiger partial charge in [-0.2, -0.15) is 0 Å². The Kier molecular flexibility index (Phi) is 3.32. The molecule has 2 rings (SSSR count). The number of hydrogen-bond donors (Lipinski definition) is 2. The molecule has 0 aromatic rings. The van der Waals surface area contributed by atoms with Crippen LogP contribution in [0.2, 0.25) is 0 Å². The number of nitrogens with two attached hydrogens (primary N) is 1. The zero-order valence-corrected chi connectivity index (χ0v) is 11.5. The summed E-state index contributed by atoms with van der Waals surface area (Å²) in [5.74, 6) is 0.425. The van der Waals surface area contributed by atoms with Crippen LogP contribution in [0.25, 0.3) is 0 Å². The molecule has 0 aromatic carbocycles. The molecule has 18 heavy (non-hydrogen) atoms.